The lowest BCUT2D eigenvalue weighted by atomic mass is 9.90. The molecule has 1 saturated heterocycles. The second-order valence-corrected chi connectivity index (χ2v) is 8.14. The van der Waals surface area contributed by atoms with Gasteiger partial charge in [-0.1, -0.05) is 19.4 Å². The van der Waals surface area contributed by atoms with Crippen molar-refractivity contribution in [1.29, 1.82) is 0 Å². The number of rotatable bonds is 5. The van der Waals surface area contributed by atoms with Crippen LogP contribution >= 0.6 is 0 Å². The highest BCUT2D eigenvalue weighted by Crippen LogP contribution is 2.38. The van der Waals surface area contributed by atoms with E-state index in [0.29, 0.717) is 6.04 Å². The molecule has 1 aliphatic heterocycles. The fraction of sp³-hybridized carbons (Fsp3) is 0.647. The summed E-state index contributed by atoms with van der Waals surface area (Å²) in [5.41, 5.74) is 2.12. The smallest absolute Gasteiger partial charge is 0.124 e. The summed E-state index contributed by atoms with van der Waals surface area (Å²) in [5, 5.41) is 0. The lowest BCUT2D eigenvalue weighted by Gasteiger charge is -2.45. The van der Waals surface area contributed by atoms with Crippen molar-refractivity contribution in [2.45, 2.75) is 56.9 Å². The van der Waals surface area contributed by atoms with E-state index in [4.69, 9.17) is 0 Å². The second-order valence-electron chi connectivity index (χ2n) is 6.76. The van der Waals surface area contributed by atoms with Gasteiger partial charge in [-0.2, -0.15) is 0 Å². The van der Waals surface area contributed by atoms with Gasteiger partial charge in [-0.3, -0.25) is 0 Å². The van der Waals surface area contributed by atoms with Crippen molar-refractivity contribution in [1.82, 2.24) is 0 Å². The minimum Gasteiger partial charge on any atom is -0.744 e. The van der Waals surface area contributed by atoms with Gasteiger partial charge in [-0.25, -0.2) is 8.42 Å². The zero-order valence-electron chi connectivity index (χ0n) is 13.8. The Labute approximate surface area is 134 Å². The summed E-state index contributed by atoms with van der Waals surface area (Å²) < 4.78 is 35.0. The van der Waals surface area contributed by atoms with E-state index < -0.39 is 10.1 Å². The van der Waals surface area contributed by atoms with Crippen LogP contribution in [-0.2, 0) is 10.1 Å². The molecule has 1 fully saturated rings. The van der Waals surface area contributed by atoms with Crippen LogP contribution in [0.5, 0.6) is 0 Å². The Hall–Kier alpha value is -0.910. The monoisotopic (exact) mass is 325 g/mol. The first-order valence-corrected chi connectivity index (χ1v) is 9.59. The van der Waals surface area contributed by atoms with Gasteiger partial charge in [0.2, 0.25) is 0 Å². The number of benzene rings is 1. The largest absolute Gasteiger partial charge is 0.744 e. The molecule has 4 nitrogen and oxygen atoms in total. The first kappa shape index (κ1) is 17.4. The molecule has 22 heavy (non-hydrogen) atoms. The maximum atomic E-state index is 11.4. The molecular weight excluding hydrogens is 298 g/mol. The molecule has 0 aromatic heterocycles. The van der Waals surface area contributed by atoms with E-state index >= 15 is 0 Å². The van der Waals surface area contributed by atoms with E-state index in [1.807, 2.05) is 6.92 Å². The SMILES string of the molecule is CCCC[N+]1(C)CCCCC1c1cc(S(=O)(=O)[O-])ccc1C. The lowest BCUT2D eigenvalue weighted by molar-refractivity contribution is -0.944. The van der Waals surface area contributed by atoms with Crippen LogP contribution in [0, 0.1) is 6.92 Å². The normalized spacial score (nSPS) is 26.1. The summed E-state index contributed by atoms with van der Waals surface area (Å²) in [6.45, 7) is 6.43. The molecule has 0 spiro atoms. The van der Waals surface area contributed by atoms with Crippen LogP contribution in [-0.4, -0.2) is 37.6 Å². The zero-order valence-corrected chi connectivity index (χ0v) is 14.7. The quantitative estimate of drug-likeness (QED) is 0.616. The van der Waals surface area contributed by atoms with E-state index in [1.165, 1.54) is 25.3 Å². The Balaban J connectivity index is 2.43. The molecule has 1 aromatic rings. The average Bonchev–Trinajstić information content (AvgIpc) is 2.45. The van der Waals surface area contributed by atoms with Gasteiger partial charge in [0.1, 0.15) is 16.2 Å². The number of quaternary nitrogens is 1. The number of nitrogens with zero attached hydrogens (tertiary/aromatic N) is 1. The molecule has 0 N–H and O–H groups in total. The molecule has 0 radical (unpaired) electrons. The van der Waals surface area contributed by atoms with Crippen molar-refractivity contribution in [3.63, 3.8) is 0 Å². The molecule has 1 aliphatic rings. The highest BCUT2D eigenvalue weighted by Gasteiger charge is 2.37. The third-order valence-electron chi connectivity index (χ3n) is 5.07. The van der Waals surface area contributed by atoms with Gasteiger partial charge in [0.15, 0.2) is 0 Å². The van der Waals surface area contributed by atoms with Crippen molar-refractivity contribution in [3.05, 3.63) is 29.3 Å². The fourth-order valence-corrected chi connectivity index (χ4v) is 4.20. The minimum atomic E-state index is -4.39. The Kier molecular flexibility index (Phi) is 5.30. The molecule has 0 amide bonds. The molecule has 1 heterocycles. The Morgan fingerprint density at radius 3 is 2.68 bits per heavy atom. The van der Waals surface area contributed by atoms with Gasteiger partial charge >= 0.3 is 0 Å². The fourth-order valence-electron chi connectivity index (χ4n) is 3.69. The summed E-state index contributed by atoms with van der Waals surface area (Å²) in [7, 11) is -2.12. The molecule has 0 aliphatic carbocycles. The van der Waals surface area contributed by atoms with E-state index in [-0.39, 0.29) is 4.90 Å². The van der Waals surface area contributed by atoms with Crippen molar-refractivity contribution in [2.75, 3.05) is 20.1 Å². The van der Waals surface area contributed by atoms with E-state index in [9.17, 15) is 13.0 Å². The van der Waals surface area contributed by atoms with Crippen LogP contribution in [0.15, 0.2) is 23.1 Å². The summed E-state index contributed by atoms with van der Waals surface area (Å²) >= 11 is 0. The van der Waals surface area contributed by atoms with E-state index in [2.05, 4.69) is 14.0 Å². The third-order valence-corrected chi connectivity index (χ3v) is 5.90. The first-order chi connectivity index (χ1) is 10.3. The highest BCUT2D eigenvalue weighted by molar-refractivity contribution is 7.85. The first-order valence-electron chi connectivity index (χ1n) is 8.18. The van der Waals surface area contributed by atoms with Gasteiger partial charge in [0.05, 0.1) is 25.0 Å². The van der Waals surface area contributed by atoms with E-state index in [0.717, 1.165) is 41.5 Å². The van der Waals surface area contributed by atoms with Crippen molar-refractivity contribution in [3.8, 4) is 0 Å². The number of unbranched alkanes of at least 4 members (excludes halogenated alkanes) is 1. The number of piperidine rings is 1. The molecular formula is C17H27NO3S. The van der Waals surface area contributed by atoms with Crippen LogP contribution in [0.4, 0.5) is 0 Å². The predicted octanol–water partition coefficient (Wildman–Crippen LogP) is 3.37. The van der Waals surface area contributed by atoms with Gasteiger partial charge in [0.25, 0.3) is 0 Å². The molecule has 0 bridgehead atoms. The second kappa shape index (κ2) is 6.69. The molecule has 2 unspecified atom stereocenters. The topological polar surface area (TPSA) is 57.2 Å². The molecule has 0 saturated carbocycles. The number of likely N-dealkylation sites (tertiary alicyclic amines) is 1. The molecule has 124 valence electrons. The molecule has 2 atom stereocenters. The summed E-state index contributed by atoms with van der Waals surface area (Å²) in [5.74, 6) is 0. The van der Waals surface area contributed by atoms with Crippen molar-refractivity contribution >= 4 is 10.1 Å². The van der Waals surface area contributed by atoms with Crippen LogP contribution in [0.25, 0.3) is 0 Å². The minimum absolute atomic E-state index is 0.0966. The van der Waals surface area contributed by atoms with Crippen LogP contribution in [0.2, 0.25) is 0 Å². The zero-order chi connectivity index (χ0) is 16.4. The van der Waals surface area contributed by atoms with E-state index in [1.54, 1.807) is 12.1 Å². The molecule has 2 rings (SSSR count). The number of hydrogen-bond acceptors (Lipinski definition) is 3. The van der Waals surface area contributed by atoms with Crippen LogP contribution in [0.1, 0.15) is 56.2 Å². The summed E-state index contributed by atoms with van der Waals surface area (Å²) in [4.78, 5) is -0.0966. The third kappa shape index (κ3) is 3.70. The Morgan fingerprint density at radius 1 is 1.32 bits per heavy atom. The van der Waals surface area contributed by atoms with Crippen molar-refractivity contribution in [2.24, 2.45) is 0 Å². The van der Waals surface area contributed by atoms with Crippen LogP contribution in [0.3, 0.4) is 0 Å². The maximum Gasteiger partial charge on any atom is 0.124 e. The molecule has 5 heteroatoms. The van der Waals surface area contributed by atoms with Crippen molar-refractivity contribution < 1.29 is 17.5 Å². The summed E-state index contributed by atoms with van der Waals surface area (Å²) in [6, 6.07) is 5.12. The Morgan fingerprint density at radius 2 is 2.05 bits per heavy atom. The lowest BCUT2D eigenvalue weighted by Crippen LogP contribution is -2.50. The van der Waals surface area contributed by atoms with Gasteiger partial charge in [0, 0.05) is 12.0 Å². The highest BCUT2D eigenvalue weighted by atomic mass is 32.2. The number of aryl methyl sites for hydroxylation is 1. The van der Waals surface area contributed by atoms with Gasteiger partial charge in [-0.05, 0) is 43.9 Å². The van der Waals surface area contributed by atoms with Gasteiger partial charge < -0.3 is 9.04 Å². The molecule has 1 aromatic carbocycles. The summed E-state index contributed by atoms with van der Waals surface area (Å²) in [6.07, 6.45) is 5.78. The maximum absolute atomic E-state index is 11.4. The standard InChI is InChI=1S/C17H27NO3S/c1-4-5-11-18(3)12-7-6-8-17(18)16-13-15(22(19,20)21)10-9-14(16)2/h9-10,13,17H,4-8,11-12H2,1-3H3. The van der Waals surface area contributed by atoms with Crippen LogP contribution < -0.4 is 0 Å². The van der Waals surface area contributed by atoms with Gasteiger partial charge in [-0.15, -0.1) is 0 Å². The predicted molar refractivity (Wildman–Crippen MR) is 86.6 cm³/mol. The average molecular weight is 325 g/mol. The Bertz CT molecular complexity index is 627. The number of hydrogen-bond donors (Lipinski definition) is 0.